The highest BCUT2D eigenvalue weighted by atomic mass is 32.2. The van der Waals surface area contributed by atoms with Gasteiger partial charge in [-0.3, -0.25) is 4.79 Å². The first-order valence-corrected chi connectivity index (χ1v) is 9.37. The molecule has 1 N–H and O–H groups in total. The van der Waals surface area contributed by atoms with Gasteiger partial charge in [0.1, 0.15) is 0 Å². The van der Waals surface area contributed by atoms with E-state index in [0.717, 1.165) is 12.0 Å². The van der Waals surface area contributed by atoms with Crippen LogP contribution < -0.4 is 5.32 Å². The standard InChI is InChI=1S/C18H23N3O2S/c1-12-8-6-7-11-15(12)19-16(22)13(2)24-18-21-20-17(23-18)14-9-4-3-5-10-14/h3-5,9-10,12-13,15H,6-8,11H2,1-2H3,(H,19,22)/t12-,13-,15+/m1/s1. The summed E-state index contributed by atoms with van der Waals surface area (Å²) in [6, 6.07) is 9.91. The van der Waals surface area contributed by atoms with E-state index in [1.807, 2.05) is 37.3 Å². The van der Waals surface area contributed by atoms with Crippen molar-refractivity contribution < 1.29 is 9.21 Å². The Labute approximate surface area is 146 Å². The molecule has 1 heterocycles. The van der Waals surface area contributed by atoms with E-state index in [2.05, 4.69) is 22.4 Å². The number of aromatic nitrogens is 2. The molecule has 0 bridgehead atoms. The average molecular weight is 345 g/mol. The molecule has 1 aliphatic rings. The number of hydrogen-bond donors (Lipinski definition) is 1. The monoisotopic (exact) mass is 345 g/mol. The van der Waals surface area contributed by atoms with Gasteiger partial charge >= 0.3 is 0 Å². The van der Waals surface area contributed by atoms with Crippen molar-refractivity contribution in [3.8, 4) is 11.5 Å². The zero-order valence-electron chi connectivity index (χ0n) is 14.1. The molecule has 128 valence electrons. The molecular formula is C18H23N3O2S. The Morgan fingerprint density at radius 3 is 2.75 bits per heavy atom. The molecule has 5 nitrogen and oxygen atoms in total. The van der Waals surface area contributed by atoms with Gasteiger partial charge in [-0.25, -0.2) is 0 Å². The van der Waals surface area contributed by atoms with Gasteiger partial charge < -0.3 is 9.73 Å². The summed E-state index contributed by atoms with van der Waals surface area (Å²) in [4.78, 5) is 12.4. The molecule has 1 saturated carbocycles. The molecule has 1 aliphatic carbocycles. The van der Waals surface area contributed by atoms with Crippen LogP contribution in [0, 0.1) is 5.92 Å². The molecule has 0 radical (unpaired) electrons. The number of thioether (sulfide) groups is 1. The van der Waals surface area contributed by atoms with Crippen molar-refractivity contribution in [1.82, 2.24) is 15.5 Å². The predicted molar refractivity (Wildman–Crippen MR) is 94.6 cm³/mol. The highest BCUT2D eigenvalue weighted by Gasteiger charge is 2.26. The summed E-state index contributed by atoms with van der Waals surface area (Å²) in [5.41, 5.74) is 0.880. The van der Waals surface area contributed by atoms with E-state index in [-0.39, 0.29) is 17.2 Å². The molecule has 2 aromatic rings. The van der Waals surface area contributed by atoms with Crippen molar-refractivity contribution in [1.29, 1.82) is 0 Å². The summed E-state index contributed by atoms with van der Waals surface area (Å²) >= 11 is 1.30. The molecule has 3 atom stereocenters. The summed E-state index contributed by atoms with van der Waals surface area (Å²) in [7, 11) is 0. The summed E-state index contributed by atoms with van der Waals surface area (Å²) in [5, 5.41) is 11.4. The second-order valence-electron chi connectivity index (χ2n) is 6.38. The molecule has 1 aromatic carbocycles. The molecular weight excluding hydrogens is 322 g/mol. The number of carbonyl (C=O) groups is 1. The van der Waals surface area contributed by atoms with Gasteiger partial charge in [0, 0.05) is 11.6 Å². The van der Waals surface area contributed by atoms with Gasteiger partial charge in [-0.2, -0.15) is 0 Å². The summed E-state index contributed by atoms with van der Waals surface area (Å²) < 4.78 is 5.66. The summed E-state index contributed by atoms with van der Waals surface area (Å²) in [6.07, 6.45) is 4.72. The van der Waals surface area contributed by atoms with Crippen LogP contribution in [0.3, 0.4) is 0 Å². The summed E-state index contributed by atoms with van der Waals surface area (Å²) in [5.74, 6) is 1.07. The normalized spacial score (nSPS) is 22.1. The van der Waals surface area contributed by atoms with Crippen molar-refractivity contribution in [2.24, 2.45) is 5.92 Å². The van der Waals surface area contributed by atoms with Crippen LogP contribution in [0.2, 0.25) is 0 Å². The number of carbonyl (C=O) groups excluding carboxylic acids is 1. The fourth-order valence-corrected chi connectivity index (χ4v) is 3.68. The first-order valence-electron chi connectivity index (χ1n) is 8.49. The second-order valence-corrected chi connectivity index (χ2v) is 7.67. The molecule has 24 heavy (non-hydrogen) atoms. The second kappa shape index (κ2) is 7.83. The zero-order chi connectivity index (χ0) is 16.9. The van der Waals surface area contributed by atoms with Gasteiger partial charge in [0.15, 0.2) is 0 Å². The van der Waals surface area contributed by atoms with Crippen molar-refractivity contribution in [3.05, 3.63) is 30.3 Å². The number of hydrogen-bond acceptors (Lipinski definition) is 5. The third-order valence-electron chi connectivity index (χ3n) is 4.51. The van der Waals surface area contributed by atoms with Gasteiger partial charge in [0.25, 0.3) is 5.22 Å². The van der Waals surface area contributed by atoms with Crippen LogP contribution in [0.25, 0.3) is 11.5 Å². The Bertz CT molecular complexity index is 674. The average Bonchev–Trinajstić information content (AvgIpc) is 3.06. The Morgan fingerprint density at radius 2 is 2.00 bits per heavy atom. The van der Waals surface area contributed by atoms with Crippen molar-refractivity contribution in [2.45, 2.75) is 56.0 Å². The van der Waals surface area contributed by atoms with E-state index >= 15 is 0 Å². The topological polar surface area (TPSA) is 68.0 Å². The molecule has 1 aromatic heterocycles. The van der Waals surface area contributed by atoms with E-state index in [1.165, 1.54) is 31.0 Å². The zero-order valence-corrected chi connectivity index (χ0v) is 14.9. The van der Waals surface area contributed by atoms with Crippen molar-refractivity contribution in [3.63, 3.8) is 0 Å². The number of nitrogens with one attached hydrogen (secondary N) is 1. The van der Waals surface area contributed by atoms with E-state index in [1.54, 1.807) is 0 Å². The Morgan fingerprint density at radius 1 is 1.25 bits per heavy atom. The lowest BCUT2D eigenvalue weighted by atomic mass is 9.86. The van der Waals surface area contributed by atoms with Crippen LogP contribution in [0.1, 0.15) is 39.5 Å². The van der Waals surface area contributed by atoms with Crippen LogP contribution in [0.4, 0.5) is 0 Å². The van der Waals surface area contributed by atoms with Gasteiger partial charge in [-0.15, -0.1) is 10.2 Å². The lowest BCUT2D eigenvalue weighted by molar-refractivity contribution is -0.121. The quantitative estimate of drug-likeness (QED) is 0.832. The number of nitrogens with zero attached hydrogens (tertiary/aromatic N) is 2. The molecule has 0 saturated heterocycles. The van der Waals surface area contributed by atoms with Gasteiger partial charge in [0.2, 0.25) is 11.8 Å². The number of amides is 1. The Hall–Kier alpha value is -1.82. The minimum absolute atomic E-state index is 0.0400. The highest BCUT2D eigenvalue weighted by Crippen LogP contribution is 2.27. The summed E-state index contributed by atoms with van der Waals surface area (Å²) in [6.45, 7) is 4.09. The minimum atomic E-state index is -0.261. The first-order chi connectivity index (χ1) is 11.6. The SMILES string of the molecule is C[C@@H]1CCCC[C@@H]1NC(=O)[C@@H](C)Sc1nnc(-c2ccccc2)o1. The molecule has 0 unspecified atom stereocenters. The fourth-order valence-electron chi connectivity index (χ4n) is 2.99. The van der Waals surface area contributed by atoms with Gasteiger partial charge in [-0.1, -0.05) is 49.7 Å². The van der Waals surface area contributed by atoms with Gasteiger partial charge in [-0.05, 0) is 37.8 Å². The van der Waals surface area contributed by atoms with Crippen molar-refractivity contribution in [2.75, 3.05) is 0 Å². The van der Waals surface area contributed by atoms with Crippen LogP contribution in [-0.2, 0) is 4.79 Å². The third kappa shape index (κ3) is 4.17. The maximum absolute atomic E-state index is 12.4. The lowest BCUT2D eigenvalue weighted by Gasteiger charge is -2.30. The number of rotatable bonds is 5. The van der Waals surface area contributed by atoms with Gasteiger partial charge in [0.05, 0.1) is 5.25 Å². The maximum atomic E-state index is 12.4. The Balaban J connectivity index is 1.57. The predicted octanol–water partition coefficient (Wildman–Crippen LogP) is 3.91. The maximum Gasteiger partial charge on any atom is 0.277 e. The van der Waals surface area contributed by atoms with Crippen LogP contribution in [-0.4, -0.2) is 27.4 Å². The molecule has 1 fully saturated rings. The van der Waals surface area contributed by atoms with Crippen LogP contribution >= 0.6 is 11.8 Å². The fraction of sp³-hybridized carbons (Fsp3) is 0.500. The minimum Gasteiger partial charge on any atom is -0.411 e. The number of benzene rings is 1. The first kappa shape index (κ1) is 17.0. The molecule has 6 heteroatoms. The molecule has 0 spiro atoms. The van der Waals surface area contributed by atoms with E-state index in [9.17, 15) is 4.79 Å². The van der Waals surface area contributed by atoms with Crippen molar-refractivity contribution >= 4 is 17.7 Å². The Kier molecular flexibility index (Phi) is 5.56. The third-order valence-corrected chi connectivity index (χ3v) is 5.45. The molecule has 3 rings (SSSR count). The largest absolute Gasteiger partial charge is 0.411 e. The lowest BCUT2D eigenvalue weighted by Crippen LogP contribution is -2.44. The molecule has 0 aliphatic heterocycles. The van der Waals surface area contributed by atoms with E-state index < -0.39 is 0 Å². The van der Waals surface area contributed by atoms with Crippen LogP contribution in [0.15, 0.2) is 40.0 Å². The van der Waals surface area contributed by atoms with E-state index in [4.69, 9.17) is 4.42 Å². The molecule has 1 amide bonds. The van der Waals surface area contributed by atoms with E-state index in [0.29, 0.717) is 17.0 Å². The smallest absolute Gasteiger partial charge is 0.277 e. The van der Waals surface area contributed by atoms with Crippen LogP contribution in [0.5, 0.6) is 0 Å². The highest BCUT2D eigenvalue weighted by molar-refractivity contribution is 8.00.